The van der Waals surface area contributed by atoms with Gasteiger partial charge in [0.15, 0.2) is 0 Å². The summed E-state index contributed by atoms with van der Waals surface area (Å²) in [6.07, 6.45) is 1.26. The molecule has 1 aromatic heterocycles. The maximum absolute atomic E-state index is 12.4. The summed E-state index contributed by atoms with van der Waals surface area (Å²) in [6.45, 7) is 0. The van der Waals surface area contributed by atoms with Crippen molar-refractivity contribution < 1.29 is 9.18 Å². The number of nitrogens with zero attached hydrogens (tertiary/aromatic N) is 1. The van der Waals surface area contributed by atoms with Gasteiger partial charge in [-0.05, 0) is 22.6 Å². The topological polar surface area (TPSA) is 56.0 Å². The van der Waals surface area contributed by atoms with E-state index in [-0.39, 0.29) is 5.56 Å². The quantitative estimate of drug-likeness (QED) is 0.607. The van der Waals surface area contributed by atoms with Crippen LogP contribution in [0.15, 0.2) is 12.3 Å². The van der Waals surface area contributed by atoms with Gasteiger partial charge in [-0.2, -0.15) is 4.39 Å². The molecule has 0 aliphatic rings. The number of hydrogen-bond acceptors (Lipinski definition) is 2. The standard InChI is InChI=1S/C6H4FIN2O/c7-5-1-3(6(9)11)4(8)2-10-5/h1-2H,(H2,9,11). The molecule has 0 radical (unpaired) electrons. The Bertz CT molecular complexity index is 303. The summed E-state index contributed by atoms with van der Waals surface area (Å²) in [5.41, 5.74) is 5.11. The molecule has 0 atom stereocenters. The lowest BCUT2D eigenvalue weighted by molar-refractivity contribution is 0.0999. The number of rotatable bonds is 1. The van der Waals surface area contributed by atoms with Crippen molar-refractivity contribution in [3.63, 3.8) is 0 Å². The summed E-state index contributed by atoms with van der Waals surface area (Å²) >= 11 is 1.86. The zero-order valence-electron chi connectivity index (χ0n) is 5.34. The minimum Gasteiger partial charge on any atom is -0.366 e. The van der Waals surface area contributed by atoms with Crippen LogP contribution in [0.25, 0.3) is 0 Å². The molecule has 0 aromatic carbocycles. The van der Waals surface area contributed by atoms with Crippen LogP contribution in [0.5, 0.6) is 0 Å². The summed E-state index contributed by atoms with van der Waals surface area (Å²) in [4.78, 5) is 13.9. The normalized spacial score (nSPS) is 9.64. The lowest BCUT2D eigenvalue weighted by atomic mass is 10.2. The molecule has 1 aromatic rings. The number of pyridine rings is 1. The van der Waals surface area contributed by atoms with Gasteiger partial charge in [-0.15, -0.1) is 0 Å². The average Bonchev–Trinajstić information content (AvgIpc) is 1.94. The predicted molar refractivity (Wildman–Crippen MR) is 45.4 cm³/mol. The summed E-state index contributed by atoms with van der Waals surface area (Å²) in [5, 5.41) is 0. The zero-order valence-corrected chi connectivity index (χ0v) is 7.50. The Hall–Kier alpha value is -0.720. The van der Waals surface area contributed by atoms with Crippen molar-refractivity contribution in [2.24, 2.45) is 5.73 Å². The van der Waals surface area contributed by atoms with Crippen molar-refractivity contribution in [1.29, 1.82) is 0 Å². The van der Waals surface area contributed by atoms with Gasteiger partial charge in [0.1, 0.15) is 0 Å². The van der Waals surface area contributed by atoms with Gasteiger partial charge in [0.05, 0.1) is 5.56 Å². The van der Waals surface area contributed by atoms with E-state index in [1.54, 1.807) is 0 Å². The highest BCUT2D eigenvalue weighted by Crippen LogP contribution is 2.10. The molecule has 0 saturated carbocycles. The number of hydrogen-bond donors (Lipinski definition) is 1. The second-order valence-corrected chi connectivity index (χ2v) is 3.01. The molecule has 0 aliphatic carbocycles. The molecule has 0 bridgehead atoms. The molecule has 0 spiro atoms. The molecule has 58 valence electrons. The number of nitrogens with two attached hydrogens (primary N) is 1. The minimum atomic E-state index is -0.695. The lowest BCUT2D eigenvalue weighted by Gasteiger charge is -1.97. The van der Waals surface area contributed by atoms with Crippen molar-refractivity contribution >= 4 is 28.5 Å². The fraction of sp³-hybridized carbons (Fsp3) is 0. The summed E-state index contributed by atoms with van der Waals surface area (Å²) in [5.74, 6) is -1.34. The van der Waals surface area contributed by atoms with E-state index in [1.165, 1.54) is 6.20 Å². The number of carbonyl (C=O) groups is 1. The molecule has 2 N–H and O–H groups in total. The molecule has 0 fully saturated rings. The molecule has 1 heterocycles. The van der Waals surface area contributed by atoms with Crippen molar-refractivity contribution in [1.82, 2.24) is 4.98 Å². The van der Waals surface area contributed by atoms with E-state index in [4.69, 9.17) is 5.73 Å². The molecule has 0 saturated heterocycles. The number of amides is 1. The van der Waals surface area contributed by atoms with Gasteiger partial charge >= 0.3 is 0 Å². The predicted octanol–water partition coefficient (Wildman–Crippen LogP) is 0.924. The van der Waals surface area contributed by atoms with E-state index in [0.29, 0.717) is 3.57 Å². The fourth-order valence-corrected chi connectivity index (χ4v) is 1.16. The van der Waals surface area contributed by atoms with Crippen LogP contribution >= 0.6 is 22.6 Å². The number of carbonyl (C=O) groups excluding carboxylic acids is 1. The molecule has 0 aliphatic heterocycles. The maximum atomic E-state index is 12.4. The Balaban J connectivity index is 3.23. The van der Waals surface area contributed by atoms with Crippen LogP contribution in [0.1, 0.15) is 10.4 Å². The first kappa shape index (κ1) is 8.38. The molecular formula is C6H4FIN2O. The monoisotopic (exact) mass is 266 g/mol. The Morgan fingerprint density at radius 1 is 1.73 bits per heavy atom. The summed E-state index contributed by atoms with van der Waals surface area (Å²) in [6, 6.07) is 1.02. The van der Waals surface area contributed by atoms with Crippen LogP contribution in [-0.2, 0) is 0 Å². The summed E-state index contributed by atoms with van der Waals surface area (Å²) in [7, 11) is 0. The van der Waals surface area contributed by atoms with Crippen LogP contribution in [0.2, 0.25) is 0 Å². The van der Waals surface area contributed by atoms with Crippen molar-refractivity contribution in [2.45, 2.75) is 0 Å². The van der Waals surface area contributed by atoms with Crippen LogP contribution in [0, 0.1) is 9.52 Å². The summed E-state index contributed by atoms with van der Waals surface area (Å²) < 4.78 is 12.9. The first-order chi connectivity index (χ1) is 5.11. The third-order valence-corrected chi connectivity index (χ3v) is 1.95. The number of halogens is 2. The van der Waals surface area contributed by atoms with Gasteiger partial charge in [-0.3, -0.25) is 4.79 Å². The molecule has 11 heavy (non-hydrogen) atoms. The second-order valence-electron chi connectivity index (χ2n) is 1.85. The van der Waals surface area contributed by atoms with E-state index < -0.39 is 11.9 Å². The highest BCUT2D eigenvalue weighted by Gasteiger charge is 2.06. The Labute approximate surface area is 75.9 Å². The average molecular weight is 266 g/mol. The van der Waals surface area contributed by atoms with E-state index >= 15 is 0 Å². The van der Waals surface area contributed by atoms with Gasteiger partial charge < -0.3 is 5.73 Å². The molecule has 0 unspecified atom stereocenters. The van der Waals surface area contributed by atoms with E-state index in [0.717, 1.165) is 6.07 Å². The number of aromatic nitrogens is 1. The molecule has 1 rings (SSSR count). The molecule has 1 amide bonds. The molecular weight excluding hydrogens is 262 g/mol. The van der Waals surface area contributed by atoms with E-state index in [9.17, 15) is 9.18 Å². The van der Waals surface area contributed by atoms with Gasteiger partial charge in [0.2, 0.25) is 11.9 Å². The van der Waals surface area contributed by atoms with Crippen LogP contribution in [-0.4, -0.2) is 10.9 Å². The first-order valence-electron chi connectivity index (χ1n) is 2.72. The van der Waals surface area contributed by atoms with Gasteiger partial charge in [-0.25, -0.2) is 4.98 Å². The smallest absolute Gasteiger partial charge is 0.249 e. The second kappa shape index (κ2) is 3.12. The minimum absolute atomic E-state index is 0.165. The van der Waals surface area contributed by atoms with Gasteiger partial charge in [-0.1, -0.05) is 0 Å². The fourth-order valence-electron chi connectivity index (χ4n) is 0.602. The maximum Gasteiger partial charge on any atom is 0.249 e. The number of primary amides is 1. The van der Waals surface area contributed by atoms with Crippen LogP contribution in [0.4, 0.5) is 4.39 Å². The van der Waals surface area contributed by atoms with E-state index in [2.05, 4.69) is 4.98 Å². The van der Waals surface area contributed by atoms with Crippen molar-refractivity contribution in [3.05, 3.63) is 27.3 Å². The Morgan fingerprint density at radius 2 is 2.36 bits per heavy atom. The zero-order chi connectivity index (χ0) is 8.43. The lowest BCUT2D eigenvalue weighted by Crippen LogP contribution is -2.13. The largest absolute Gasteiger partial charge is 0.366 e. The third kappa shape index (κ3) is 1.86. The molecule has 3 nitrogen and oxygen atoms in total. The van der Waals surface area contributed by atoms with Crippen LogP contribution in [0.3, 0.4) is 0 Å². The highest BCUT2D eigenvalue weighted by molar-refractivity contribution is 14.1. The third-order valence-electron chi connectivity index (χ3n) is 1.09. The Morgan fingerprint density at radius 3 is 2.82 bits per heavy atom. The van der Waals surface area contributed by atoms with E-state index in [1.807, 2.05) is 22.6 Å². The van der Waals surface area contributed by atoms with Crippen molar-refractivity contribution in [2.75, 3.05) is 0 Å². The van der Waals surface area contributed by atoms with Gasteiger partial charge in [0.25, 0.3) is 0 Å². The van der Waals surface area contributed by atoms with Gasteiger partial charge in [0, 0.05) is 15.8 Å². The Kier molecular flexibility index (Phi) is 2.38. The van der Waals surface area contributed by atoms with Crippen molar-refractivity contribution in [3.8, 4) is 0 Å². The molecule has 5 heteroatoms. The highest BCUT2D eigenvalue weighted by atomic mass is 127. The first-order valence-corrected chi connectivity index (χ1v) is 3.80. The SMILES string of the molecule is NC(=O)c1cc(F)ncc1I. The van der Waals surface area contributed by atoms with Crippen LogP contribution < -0.4 is 5.73 Å².